The predicted octanol–water partition coefficient (Wildman–Crippen LogP) is 3.26. The number of benzene rings is 2. The molecule has 3 heteroatoms. The first-order valence-corrected chi connectivity index (χ1v) is 6.80. The van der Waals surface area contributed by atoms with Gasteiger partial charge in [0.25, 0.3) is 11.8 Å². The third-order valence-electron chi connectivity index (χ3n) is 3.58. The van der Waals surface area contributed by atoms with Crippen LogP contribution < -0.4 is 4.90 Å². The highest BCUT2D eigenvalue weighted by Crippen LogP contribution is 2.28. The average molecular weight is 277 g/mol. The van der Waals surface area contributed by atoms with E-state index in [0.717, 1.165) is 16.7 Å². The largest absolute Gasteiger partial charge is 0.269 e. The Balaban J connectivity index is 1.95. The second-order valence-corrected chi connectivity index (χ2v) is 5.24. The van der Waals surface area contributed by atoms with Gasteiger partial charge in [0.15, 0.2) is 0 Å². The number of carbonyl (C=O) groups is 2. The topological polar surface area (TPSA) is 37.4 Å². The maximum absolute atomic E-state index is 12.5. The number of amides is 2. The van der Waals surface area contributed by atoms with Crippen molar-refractivity contribution in [3.8, 4) is 0 Å². The van der Waals surface area contributed by atoms with Crippen LogP contribution in [-0.4, -0.2) is 11.8 Å². The van der Waals surface area contributed by atoms with Crippen LogP contribution in [0.3, 0.4) is 0 Å². The highest BCUT2D eigenvalue weighted by atomic mass is 16.2. The van der Waals surface area contributed by atoms with Gasteiger partial charge in [0, 0.05) is 6.08 Å². The summed E-state index contributed by atoms with van der Waals surface area (Å²) in [6, 6.07) is 15.0. The van der Waals surface area contributed by atoms with Crippen LogP contribution in [0, 0.1) is 13.8 Å². The molecule has 0 saturated heterocycles. The summed E-state index contributed by atoms with van der Waals surface area (Å²) >= 11 is 0. The summed E-state index contributed by atoms with van der Waals surface area (Å²) in [5, 5.41) is 0. The number of rotatable bonds is 2. The number of anilines is 1. The maximum Gasteiger partial charge on any atom is 0.266 e. The molecule has 0 aliphatic carbocycles. The van der Waals surface area contributed by atoms with Gasteiger partial charge < -0.3 is 0 Å². The fourth-order valence-corrected chi connectivity index (χ4v) is 2.35. The van der Waals surface area contributed by atoms with Crippen molar-refractivity contribution >= 4 is 23.1 Å². The maximum atomic E-state index is 12.5. The van der Waals surface area contributed by atoms with E-state index in [2.05, 4.69) is 0 Å². The van der Waals surface area contributed by atoms with Gasteiger partial charge >= 0.3 is 0 Å². The average Bonchev–Trinajstić information content (AvgIpc) is 2.76. The molecule has 104 valence electrons. The lowest BCUT2D eigenvalue weighted by Gasteiger charge is -2.15. The highest BCUT2D eigenvalue weighted by molar-refractivity contribution is 6.43. The van der Waals surface area contributed by atoms with Crippen LogP contribution >= 0.6 is 0 Å². The van der Waals surface area contributed by atoms with Crippen molar-refractivity contribution in [1.82, 2.24) is 0 Å². The molecule has 2 aromatic carbocycles. The van der Waals surface area contributed by atoms with E-state index in [9.17, 15) is 9.59 Å². The molecule has 0 bridgehead atoms. The highest BCUT2D eigenvalue weighted by Gasteiger charge is 2.32. The molecule has 0 atom stereocenters. The summed E-state index contributed by atoms with van der Waals surface area (Å²) in [5.41, 5.74) is 4.03. The summed E-state index contributed by atoms with van der Waals surface area (Å²) in [5.74, 6) is -0.563. The molecule has 3 rings (SSSR count). The zero-order chi connectivity index (χ0) is 15.0. The van der Waals surface area contributed by atoms with E-state index in [-0.39, 0.29) is 11.8 Å². The molecule has 1 aliphatic rings. The molecule has 1 aliphatic heterocycles. The van der Waals surface area contributed by atoms with Crippen molar-refractivity contribution in [2.45, 2.75) is 13.8 Å². The van der Waals surface area contributed by atoms with Gasteiger partial charge in [-0.15, -0.1) is 0 Å². The minimum absolute atomic E-state index is 0.271. The molecule has 0 N–H and O–H groups in total. The Hall–Kier alpha value is -2.68. The Bertz CT molecular complexity index is 740. The van der Waals surface area contributed by atoms with Crippen LogP contribution in [0.4, 0.5) is 5.69 Å². The first-order chi connectivity index (χ1) is 10.1. The summed E-state index contributed by atoms with van der Waals surface area (Å²) in [7, 11) is 0. The lowest BCUT2D eigenvalue weighted by molar-refractivity contribution is -0.119. The van der Waals surface area contributed by atoms with Crippen molar-refractivity contribution in [2.24, 2.45) is 0 Å². The third-order valence-corrected chi connectivity index (χ3v) is 3.58. The fraction of sp³-hybridized carbons (Fsp3) is 0.111. The molecule has 2 aromatic rings. The van der Waals surface area contributed by atoms with Gasteiger partial charge in [0.2, 0.25) is 0 Å². The molecule has 3 nitrogen and oxygen atoms in total. The van der Waals surface area contributed by atoms with Crippen molar-refractivity contribution in [1.29, 1.82) is 0 Å². The van der Waals surface area contributed by atoms with Gasteiger partial charge in [-0.05, 0) is 31.5 Å². The molecular weight excluding hydrogens is 262 g/mol. The second kappa shape index (κ2) is 5.02. The number of hydrogen-bond acceptors (Lipinski definition) is 2. The molecule has 0 fully saturated rings. The van der Waals surface area contributed by atoms with E-state index in [1.165, 1.54) is 11.0 Å². The predicted molar refractivity (Wildman–Crippen MR) is 82.8 cm³/mol. The summed E-state index contributed by atoms with van der Waals surface area (Å²) < 4.78 is 0. The molecule has 0 unspecified atom stereocenters. The summed E-state index contributed by atoms with van der Waals surface area (Å²) in [4.78, 5) is 25.9. The molecule has 0 aromatic heterocycles. The van der Waals surface area contributed by atoms with Crippen molar-refractivity contribution in [2.75, 3.05) is 4.90 Å². The molecule has 21 heavy (non-hydrogen) atoms. The van der Waals surface area contributed by atoms with Crippen molar-refractivity contribution < 1.29 is 9.59 Å². The molecule has 0 spiro atoms. The zero-order valence-electron chi connectivity index (χ0n) is 12.0. The minimum Gasteiger partial charge on any atom is -0.269 e. The lowest BCUT2D eigenvalue weighted by atomic mass is 10.0. The van der Waals surface area contributed by atoms with Crippen LogP contribution in [0.2, 0.25) is 0 Å². The third kappa shape index (κ3) is 2.38. The lowest BCUT2D eigenvalue weighted by Crippen LogP contribution is -2.30. The number of carbonyl (C=O) groups excluding carboxylic acids is 2. The van der Waals surface area contributed by atoms with Crippen molar-refractivity contribution in [3.05, 3.63) is 71.3 Å². The van der Waals surface area contributed by atoms with Crippen molar-refractivity contribution in [3.63, 3.8) is 0 Å². The van der Waals surface area contributed by atoms with Crippen LogP contribution in [0.25, 0.3) is 5.57 Å². The zero-order valence-corrected chi connectivity index (χ0v) is 12.0. The molecule has 0 radical (unpaired) electrons. The first kappa shape index (κ1) is 13.3. The fourth-order valence-electron chi connectivity index (χ4n) is 2.35. The van der Waals surface area contributed by atoms with E-state index in [1.807, 2.05) is 50.2 Å². The number of nitrogens with zero attached hydrogens (tertiary/aromatic N) is 1. The Labute approximate surface area is 123 Å². The van der Waals surface area contributed by atoms with Gasteiger partial charge in [0.1, 0.15) is 0 Å². The standard InChI is InChI=1S/C18H15NO2/c1-12-3-7-14(8-4-12)16-11-17(20)19(18(16)21)15-9-5-13(2)6-10-15/h3-11H,1-2H3. The van der Waals surface area contributed by atoms with Gasteiger partial charge in [-0.1, -0.05) is 47.5 Å². The van der Waals surface area contributed by atoms with Crippen LogP contribution in [0.5, 0.6) is 0 Å². The van der Waals surface area contributed by atoms with Gasteiger partial charge in [-0.2, -0.15) is 0 Å². The van der Waals surface area contributed by atoms with Crippen LogP contribution in [-0.2, 0) is 9.59 Å². The first-order valence-electron chi connectivity index (χ1n) is 6.80. The number of hydrogen-bond donors (Lipinski definition) is 0. The monoisotopic (exact) mass is 277 g/mol. The molecular formula is C18H15NO2. The van der Waals surface area contributed by atoms with Crippen LogP contribution in [0.15, 0.2) is 54.6 Å². The summed E-state index contributed by atoms with van der Waals surface area (Å²) in [6.07, 6.45) is 1.41. The Morgan fingerprint density at radius 2 is 1.29 bits per heavy atom. The smallest absolute Gasteiger partial charge is 0.266 e. The molecule has 0 saturated carbocycles. The van der Waals surface area contributed by atoms with Gasteiger partial charge in [0.05, 0.1) is 11.3 Å². The Morgan fingerprint density at radius 3 is 1.86 bits per heavy atom. The normalized spacial score (nSPS) is 14.6. The van der Waals surface area contributed by atoms with Gasteiger partial charge in [-0.3, -0.25) is 9.59 Å². The summed E-state index contributed by atoms with van der Waals surface area (Å²) in [6.45, 7) is 3.95. The van der Waals surface area contributed by atoms with E-state index in [1.54, 1.807) is 12.1 Å². The van der Waals surface area contributed by atoms with E-state index in [4.69, 9.17) is 0 Å². The van der Waals surface area contributed by atoms with Gasteiger partial charge in [-0.25, -0.2) is 4.90 Å². The molecule has 1 heterocycles. The Kier molecular flexibility index (Phi) is 3.18. The Morgan fingerprint density at radius 1 is 0.762 bits per heavy atom. The second-order valence-electron chi connectivity index (χ2n) is 5.24. The SMILES string of the molecule is Cc1ccc(C2=CC(=O)N(c3ccc(C)cc3)C2=O)cc1. The van der Waals surface area contributed by atoms with E-state index < -0.39 is 0 Å². The molecule has 2 amide bonds. The van der Waals surface area contributed by atoms with Crippen LogP contribution in [0.1, 0.15) is 16.7 Å². The van der Waals surface area contributed by atoms with E-state index >= 15 is 0 Å². The minimum atomic E-state index is -0.292. The van der Waals surface area contributed by atoms with E-state index in [0.29, 0.717) is 11.3 Å². The quantitative estimate of drug-likeness (QED) is 0.790. The number of aryl methyl sites for hydroxylation is 2. The number of imide groups is 1.